The maximum atomic E-state index is 12.1. The van der Waals surface area contributed by atoms with Crippen LogP contribution in [0.2, 0.25) is 0 Å². The molecule has 0 bridgehead atoms. The van der Waals surface area contributed by atoms with Crippen LogP contribution >= 0.6 is 11.8 Å². The summed E-state index contributed by atoms with van der Waals surface area (Å²) in [5, 5.41) is 11.2. The van der Waals surface area contributed by atoms with Crippen LogP contribution in [0.4, 0.5) is 4.79 Å². The lowest BCUT2D eigenvalue weighted by molar-refractivity contribution is -0.127. The third-order valence-electron chi connectivity index (χ3n) is 4.01. The Morgan fingerprint density at radius 3 is 2.37 bits per heavy atom. The molecule has 1 aromatic heterocycles. The number of rotatable bonds is 9. The van der Waals surface area contributed by atoms with Gasteiger partial charge in [-0.1, -0.05) is 32.0 Å². The van der Waals surface area contributed by atoms with Crippen LogP contribution in [0.3, 0.4) is 0 Å². The van der Waals surface area contributed by atoms with Crippen LogP contribution in [0.5, 0.6) is 0 Å². The second-order valence-electron chi connectivity index (χ2n) is 7.27. The minimum Gasteiger partial charge on any atom is -0.444 e. The Balaban J connectivity index is 2.79. The second-order valence-corrected chi connectivity index (χ2v) is 8.20. The van der Waals surface area contributed by atoms with Crippen LogP contribution in [0, 0.1) is 5.92 Å². The van der Waals surface area contributed by atoms with Gasteiger partial charge in [-0.3, -0.25) is 4.79 Å². The van der Waals surface area contributed by atoms with Crippen molar-refractivity contribution in [3.63, 3.8) is 0 Å². The monoisotopic (exact) mass is 400 g/mol. The number of hydrogen-bond acceptors (Lipinski definition) is 7. The lowest BCUT2D eigenvalue weighted by Crippen LogP contribution is -2.37. The molecule has 0 spiro atoms. The molecular formula is C18H32N4O4S. The van der Waals surface area contributed by atoms with Gasteiger partial charge < -0.3 is 19.4 Å². The van der Waals surface area contributed by atoms with Crippen molar-refractivity contribution in [2.75, 3.05) is 18.8 Å². The Kier molecular flexibility index (Phi) is 9.08. The standard InChI is InChI=1S/C18H32N4O4S/c1-8-12(4)14(19-16(24)26-18(5,6)7)15-20-21-17(25-15)27-11-13(23)22(9-2)10-3/h12,14H,8-11H2,1-7H3,(H,19,24). The molecule has 2 atom stereocenters. The van der Waals surface area contributed by atoms with Crippen molar-refractivity contribution in [1.82, 2.24) is 20.4 Å². The van der Waals surface area contributed by atoms with Crippen LogP contribution in [0.25, 0.3) is 0 Å². The zero-order valence-electron chi connectivity index (χ0n) is 17.4. The molecular weight excluding hydrogens is 368 g/mol. The van der Waals surface area contributed by atoms with Crippen molar-refractivity contribution >= 4 is 23.8 Å². The molecule has 1 heterocycles. The molecule has 27 heavy (non-hydrogen) atoms. The zero-order valence-corrected chi connectivity index (χ0v) is 18.2. The first-order valence-electron chi connectivity index (χ1n) is 9.34. The van der Waals surface area contributed by atoms with Gasteiger partial charge in [0.25, 0.3) is 5.22 Å². The van der Waals surface area contributed by atoms with Crippen molar-refractivity contribution in [1.29, 1.82) is 0 Å². The number of nitrogens with one attached hydrogen (secondary N) is 1. The normalized spacial score (nSPS) is 13.7. The molecule has 0 aliphatic rings. The highest BCUT2D eigenvalue weighted by Gasteiger charge is 2.28. The Hall–Kier alpha value is -1.77. The molecule has 8 nitrogen and oxygen atoms in total. The van der Waals surface area contributed by atoms with Crippen LogP contribution in [-0.4, -0.2) is 51.5 Å². The van der Waals surface area contributed by atoms with Gasteiger partial charge in [0.05, 0.1) is 5.75 Å². The summed E-state index contributed by atoms with van der Waals surface area (Å²) in [6.07, 6.45) is 0.281. The fourth-order valence-electron chi connectivity index (χ4n) is 2.31. The molecule has 0 fully saturated rings. The van der Waals surface area contributed by atoms with E-state index in [-0.39, 0.29) is 17.6 Å². The van der Waals surface area contributed by atoms with Gasteiger partial charge in [0.1, 0.15) is 11.6 Å². The third kappa shape index (κ3) is 7.78. The molecule has 0 saturated heterocycles. The molecule has 0 aliphatic heterocycles. The van der Waals surface area contributed by atoms with E-state index in [1.807, 2.05) is 27.7 Å². The van der Waals surface area contributed by atoms with Crippen molar-refractivity contribution < 1.29 is 18.7 Å². The van der Waals surface area contributed by atoms with E-state index in [0.717, 1.165) is 6.42 Å². The molecule has 2 unspecified atom stereocenters. The van der Waals surface area contributed by atoms with E-state index in [9.17, 15) is 9.59 Å². The molecule has 0 saturated carbocycles. The lowest BCUT2D eigenvalue weighted by Gasteiger charge is -2.24. The van der Waals surface area contributed by atoms with Gasteiger partial charge in [-0.05, 0) is 40.5 Å². The van der Waals surface area contributed by atoms with Crippen LogP contribution in [0.1, 0.15) is 66.8 Å². The highest BCUT2D eigenvalue weighted by Crippen LogP contribution is 2.27. The number of carbonyl (C=O) groups excluding carboxylic acids is 2. The number of amides is 2. The highest BCUT2D eigenvalue weighted by molar-refractivity contribution is 7.99. The molecule has 1 rings (SSSR count). The van der Waals surface area contributed by atoms with E-state index < -0.39 is 17.7 Å². The fraction of sp³-hybridized carbons (Fsp3) is 0.778. The molecule has 2 amide bonds. The van der Waals surface area contributed by atoms with E-state index >= 15 is 0 Å². The average molecular weight is 401 g/mol. The summed E-state index contributed by atoms with van der Waals surface area (Å²) in [6.45, 7) is 14.6. The van der Waals surface area contributed by atoms with Gasteiger partial charge in [-0.15, -0.1) is 10.2 Å². The minimum atomic E-state index is -0.593. The molecule has 0 aromatic carbocycles. The van der Waals surface area contributed by atoms with Gasteiger partial charge >= 0.3 is 6.09 Å². The summed E-state index contributed by atoms with van der Waals surface area (Å²) in [4.78, 5) is 26.0. The van der Waals surface area contributed by atoms with Crippen molar-refractivity contribution in [2.45, 2.75) is 71.8 Å². The minimum absolute atomic E-state index is 0.0232. The average Bonchev–Trinajstić information content (AvgIpc) is 3.05. The first-order valence-corrected chi connectivity index (χ1v) is 10.3. The maximum Gasteiger partial charge on any atom is 0.408 e. The van der Waals surface area contributed by atoms with Crippen LogP contribution < -0.4 is 5.32 Å². The largest absolute Gasteiger partial charge is 0.444 e. The molecule has 1 N–H and O–H groups in total. The van der Waals surface area contributed by atoms with E-state index in [1.165, 1.54) is 11.8 Å². The number of alkyl carbamates (subject to hydrolysis) is 1. The summed E-state index contributed by atoms with van der Waals surface area (Å²) >= 11 is 1.20. The predicted molar refractivity (Wildman–Crippen MR) is 105 cm³/mol. The number of carbonyl (C=O) groups is 2. The summed E-state index contributed by atoms with van der Waals surface area (Å²) in [6, 6.07) is -0.454. The Labute approximate surface area is 165 Å². The fourth-order valence-corrected chi connectivity index (χ4v) is 2.99. The van der Waals surface area contributed by atoms with Crippen LogP contribution in [-0.2, 0) is 9.53 Å². The van der Waals surface area contributed by atoms with Gasteiger partial charge in [0, 0.05) is 13.1 Å². The molecule has 0 aliphatic carbocycles. The van der Waals surface area contributed by atoms with E-state index in [2.05, 4.69) is 15.5 Å². The van der Waals surface area contributed by atoms with Crippen molar-refractivity contribution in [3.8, 4) is 0 Å². The number of thioether (sulfide) groups is 1. The van der Waals surface area contributed by atoms with E-state index in [0.29, 0.717) is 24.2 Å². The molecule has 9 heteroatoms. The summed E-state index contributed by atoms with van der Waals surface area (Å²) in [5.41, 5.74) is -0.593. The Morgan fingerprint density at radius 2 is 1.85 bits per heavy atom. The first kappa shape index (κ1) is 23.3. The molecule has 1 aromatic rings. The number of ether oxygens (including phenoxy) is 1. The number of aromatic nitrogens is 2. The summed E-state index contributed by atoms with van der Waals surface area (Å²) in [7, 11) is 0. The molecule has 154 valence electrons. The first-order chi connectivity index (χ1) is 12.6. The quantitative estimate of drug-likeness (QED) is 0.632. The zero-order chi connectivity index (χ0) is 20.6. The van der Waals surface area contributed by atoms with Gasteiger partial charge in [0.15, 0.2) is 0 Å². The smallest absolute Gasteiger partial charge is 0.408 e. The van der Waals surface area contributed by atoms with Gasteiger partial charge in [-0.2, -0.15) is 0 Å². The number of hydrogen-bond donors (Lipinski definition) is 1. The molecule has 0 radical (unpaired) electrons. The van der Waals surface area contributed by atoms with Crippen molar-refractivity contribution in [3.05, 3.63) is 5.89 Å². The van der Waals surface area contributed by atoms with Gasteiger partial charge in [0.2, 0.25) is 11.8 Å². The summed E-state index contributed by atoms with van der Waals surface area (Å²) in [5.74, 6) is 0.646. The van der Waals surface area contributed by atoms with Crippen molar-refractivity contribution in [2.24, 2.45) is 5.92 Å². The van der Waals surface area contributed by atoms with Crippen LogP contribution in [0.15, 0.2) is 9.64 Å². The topological polar surface area (TPSA) is 97.6 Å². The highest BCUT2D eigenvalue weighted by atomic mass is 32.2. The Bertz CT molecular complexity index is 611. The SMILES string of the molecule is CCC(C)C(NC(=O)OC(C)(C)C)c1nnc(SCC(=O)N(CC)CC)o1. The number of nitrogens with zero attached hydrogens (tertiary/aromatic N) is 3. The van der Waals surface area contributed by atoms with Gasteiger partial charge in [-0.25, -0.2) is 4.79 Å². The second kappa shape index (κ2) is 10.5. The summed E-state index contributed by atoms with van der Waals surface area (Å²) < 4.78 is 11.0. The van der Waals surface area contributed by atoms with E-state index in [4.69, 9.17) is 9.15 Å². The van der Waals surface area contributed by atoms with E-state index in [1.54, 1.807) is 25.7 Å². The third-order valence-corrected chi connectivity index (χ3v) is 4.81. The lowest BCUT2D eigenvalue weighted by atomic mass is 9.99. The maximum absolute atomic E-state index is 12.1. The Morgan fingerprint density at radius 1 is 1.22 bits per heavy atom. The predicted octanol–water partition coefficient (Wildman–Crippen LogP) is 3.64.